The van der Waals surface area contributed by atoms with Gasteiger partial charge in [-0.25, -0.2) is 4.98 Å². The lowest BCUT2D eigenvalue weighted by atomic mass is 9.93. The van der Waals surface area contributed by atoms with Crippen molar-refractivity contribution in [2.24, 2.45) is 12.8 Å². The smallest absolute Gasteiger partial charge is 0.251 e. The highest BCUT2D eigenvalue weighted by atomic mass is 16.5. The molecule has 6 heteroatoms. The van der Waals surface area contributed by atoms with Crippen molar-refractivity contribution < 1.29 is 4.52 Å². The molecule has 0 aliphatic heterocycles. The van der Waals surface area contributed by atoms with Crippen LogP contribution in [0.15, 0.2) is 47.4 Å². The Balaban J connectivity index is 2.00. The Labute approximate surface area is 116 Å². The van der Waals surface area contributed by atoms with Crippen LogP contribution >= 0.6 is 0 Å². The molecule has 0 spiro atoms. The molecule has 1 aromatic carbocycles. The molecule has 0 aliphatic rings. The van der Waals surface area contributed by atoms with Gasteiger partial charge in [0.05, 0.1) is 12.5 Å². The summed E-state index contributed by atoms with van der Waals surface area (Å²) in [5.74, 6) is 0.854. The lowest BCUT2D eigenvalue weighted by molar-refractivity contribution is 0.325. The molecule has 0 bridgehead atoms. The standard InChI is InChI=1S/C14H15N5O/c1-14(15,10-6-4-3-5-7-10)13-17-12(18-20-13)11-8-16-9-19(11)2/h3-9H,15H2,1-2H3. The number of nitrogens with zero attached hydrogens (tertiary/aromatic N) is 4. The van der Waals surface area contributed by atoms with E-state index in [9.17, 15) is 0 Å². The van der Waals surface area contributed by atoms with Crippen LogP contribution in [0.25, 0.3) is 11.5 Å². The lowest BCUT2D eigenvalue weighted by Crippen LogP contribution is -2.34. The first-order chi connectivity index (χ1) is 9.59. The first-order valence-electron chi connectivity index (χ1n) is 6.24. The predicted molar refractivity (Wildman–Crippen MR) is 73.6 cm³/mol. The molecule has 0 saturated heterocycles. The van der Waals surface area contributed by atoms with Gasteiger partial charge in [0.1, 0.15) is 11.2 Å². The van der Waals surface area contributed by atoms with E-state index in [2.05, 4.69) is 15.1 Å². The van der Waals surface area contributed by atoms with Gasteiger partial charge in [0, 0.05) is 7.05 Å². The van der Waals surface area contributed by atoms with E-state index in [0.29, 0.717) is 11.7 Å². The molecule has 0 amide bonds. The fourth-order valence-electron chi connectivity index (χ4n) is 2.02. The first kappa shape index (κ1) is 12.6. The van der Waals surface area contributed by atoms with Gasteiger partial charge in [-0.2, -0.15) is 4.98 Å². The quantitative estimate of drug-likeness (QED) is 0.782. The molecule has 6 nitrogen and oxygen atoms in total. The van der Waals surface area contributed by atoms with Gasteiger partial charge in [-0.05, 0) is 12.5 Å². The highest BCUT2D eigenvalue weighted by Crippen LogP contribution is 2.26. The summed E-state index contributed by atoms with van der Waals surface area (Å²) >= 11 is 0. The molecule has 2 heterocycles. The van der Waals surface area contributed by atoms with Crippen LogP contribution in [0.4, 0.5) is 0 Å². The molecular formula is C14H15N5O. The topological polar surface area (TPSA) is 82.8 Å². The van der Waals surface area contributed by atoms with Crippen molar-refractivity contribution >= 4 is 0 Å². The molecule has 2 N–H and O–H groups in total. The second kappa shape index (κ2) is 4.57. The highest BCUT2D eigenvalue weighted by Gasteiger charge is 2.30. The maximum Gasteiger partial charge on any atom is 0.251 e. The van der Waals surface area contributed by atoms with Crippen LogP contribution in [0.3, 0.4) is 0 Å². The molecule has 1 atom stereocenters. The van der Waals surface area contributed by atoms with E-state index >= 15 is 0 Å². The van der Waals surface area contributed by atoms with Crippen LogP contribution in [0, 0.1) is 0 Å². The summed E-state index contributed by atoms with van der Waals surface area (Å²) in [4.78, 5) is 8.44. The zero-order chi connectivity index (χ0) is 14.2. The predicted octanol–water partition coefficient (Wildman–Crippen LogP) is 1.69. The summed E-state index contributed by atoms with van der Waals surface area (Å²) in [5, 5.41) is 3.98. The zero-order valence-corrected chi connectivity index (χ0v) is 11.3. The van der Waals surface area contributed by atoms with Crippen molar-refractivity contribution in [3.05, 3.63) is 54.3 Å². The SMILES string of the molecule is Cn1cncc1-c1noc(C(C)(N)c2ccccc2)n1. The summed E-state index contributed by atoms with van der Waals surface area (Å²) in [6.07, 6.45) is 3.37. The summed E-state index contributed by atoms with van der Waals surface area (Å²) in [5.41, 5.74) is 7.22. The third kappa shape index (κ3) is 2.00. The van der Waals surface area contributed by atoms with Crippen LogP contribution < -0.4 is 5.73 Å². The fraction of sp³-hybridized carbons (Fsp3) is 0.214. The summed E-state index contributed by atoms with van der Waals surface area (Å²) < 4.78 is 7.16. The largest absolute Gasteiger partial charge is 0.336 e. The fourth-order valence-corrected chi connectivity index (χ4v) is 2.02. The zero-order valence-electron chi connectivity index (χ0n) is 11.3. The Morgan fingerprint density at radius 2 is 2.00 bits per heavy atom. The van der Waals surface area contributed by atoms with Crippen LogP contribution in [-0.2, 0) is 12.6 Å². The number of aromatic nitrogens is 4. The van der Waals surface area contributed by atoms with Gasteiger partial charge in [0.2, 0.25) is 5.82 Å². The van der Waals surface area contributed by atoms with Crippen LogP contribution in [0.2, 0.25) is 0 Å². The highest BCUT2D eigenvalue weighted by molar-refractivity contribution is 5.47. The maximum absolute atomic E-state index is 6.35. The van der Waals surface area contributed by atoms with E-state index < -0.39 is 5.54 Å². The molecular weight excluding hydrogens is 254 g/mol. The minimum absolute atomic E-state index is 0.375. The third-order valence-electron chi connectivity index (χ3n) is 3.29. The van der Waals surface area contributed by atoms with Crippen molar-refractivity contribution in [3.8, 4) is 11.5 Å². The van der Waals surface area contributed by atoms with E-state index in [1.165, 1.54) is 0 Å². The molecule has 0 fully saturated rings. The van der Waals surface area contributed by atoms with Gasteiger partial charge in [0.25, 0.3) is 5.89 Å². The maximum atomic E-state index is 6.35. The number of rotatable bonds is 3. The summed E-state index contributed by atoms with van der Waals surface area (Å²) in [6.45, 7) is 1.85. The van der Waals surface area contributed by atoms with Gasteiger partial charge in [0.15, 0.2) is 0 Å². The number of imidazole rings is 1. The molecule has 102 valence electrons. The van der Waals surface area contributed by atoms with E-state index in [0.717, 1.165) is 11.3 Å². The van der Waals surface area contributed by atoms with Crippen LogP contribution in [-0.4, -0.2) is 19.7 Å². The molecule has 0 saturated carbocycles. The number of benzene rings is 1. The molecule has 0 radical (unpaired) electrons. The third-order valence-corrected chi connectivity index (χ3v) is 3.29. The molecule has 3 rings (SSSR count). The monoisotopic (exact) mass is 269 g/mol. The van der Waals surface area contributed by atoms with Gasteiger partial charge in [-0.3, -0.25) is 0 Å². The molecule has 2 aromatic heterocycles. The lowest BCUT2D eigenvalue weighted by Gasteiger charge is -2.20. The Morgan fingerprint density at radius 3 is 2.65 bits per heavy atom. The molecule has 20 heavy (non-hydrogen) atoms. The van der Waals surface area contributed by atoms with E-state index in [4.69, 9.17) is 10.3 Å². The van der Waals surface area contributed by atoms with E-state index in [-0.39, 0.29) is 0 Å². The van der Waals surface area contributed by atoms with E-state index in [1.807, 2.05) is 48.9 Å². The minimum atomic E-state index is -0.828. The Kier molecular flexibility index (Phi) is 2.87. The molecule has 0 aliphatic carbocycles. The average molecular weight is 269 g/mol. The number of aryl methyl sites for hydroxylation is 1. The van der Waals surface area contributed by atoms with E-state index in [1.54, 1.807) is 12.5 Å². The number of hydrogen-bond donors (Lipinski definition) is 1. The Morgan fingerprint density at radius 1 is 1.25 bits per heavy atom. The average Bonchev–Trinajstić information content (AvgIpc) is 3.08. The number of hydrogen-bond acceptors (Lipinski definition) is 5. The van der Waals surface area contributed by atoms with Gasteiger partial charge in [-0.1, -0.05) is 35.5 Å². The summed E-state index contributed by atoms with van der Waals surface area (Å²) in [7, 11) is 1.87. The second-order valence-corrected chi connectivity index (χ2v) is 4.88. The van der Waals surface area contributed by atoms with Gasteiger partial charge >= 0.3 is 0 Å². The Bertz CT molecular complexity index is 714. The van der Waals surface area contributed by atoms with Crippen molar-refractivity contribution in [2.75, 3.05) is 0 Å². The summed E-state index contributed by atoms with van der Waals surface area (Å²) in [6, 6.07) is 9.67. The van der Waals surface area contributed by atoms with Crippen LogP contribution in [0.5, 0.6) is 0 Å². The Hall–Kier alpha value is -2.47. The van der Waals surface area contributed by atoms with Gasteiger partial charge in [-0.15, -0.1) is 0 Å². The van der Waals surface area contributed by atoms with Crippen molar-refractivity contribution in [3.63, 3.8) is 0 Å². The molecule has 1 unspecified atom stereocenters. The second-order valence-electron chi connectivity index (χ2n) is 4.88. The molecule has 3 aromatic rings. The normalized spacial score (nSPS) is 14.2. The minimum Gasteiger partial charge on any atom is -0.336 e. The number of nitrogens with two attached hydrogens (primary N) is 1. The van der Waals surface area contributed by atoms with Crippen molar-refractivity contribution in [1.29, 1.82) is 0 Å². The van der Waals surface area contributed by atoms with Crippen molar-refractivity contribution in [2.45, 2.75) is 12.5 Å². The van der Waals surface area contributed by atoms with Crippen molar-refractivity contribution in [1.82, 2.24) is 19.7 Å². The first-order valence-corrected chi connectivity index (χ1v) is 6.24. The van der Waals surface area contributed by atoms with Gasteiger partial charge < -0.3 is 14.8 Å². The van der Waals surface area contributed by atoms with Crippen LogP contribution in [0.1, 0.15) is 18.4 Å².